The summed E-state index contributed by atoms with van der Waals surface area (Å²) in [5.41, 5.74) is 7.10. The zero-order valence-electron chi connectivity index (χ0n) is 13.3. The van der Waals surface area contributed by atoms with Gasteiger partial charge in [0.25, 0.3) is 0 Å². The summed E-state index contributed by atoms with van der Waals surface area (Å²) in [6.45, 7) is 3.38. The maximum Gasteiger partial charge on any atom is 0.416 e. The largest absolute Gasteiger partial charge is 0.497 e. The van der Waals surface area contributed by atoms with Gasteiger partial charge in [-0.15, -0.1) is 0 Å². The van der Waals surface area contributed by atoms with Crippen LogP contribution in [0.2, 0.25) is 0 Å². The minimum atomic E-state index is -4.54. The molecule has 1 aromatic carbocycles. The third-order valence-electron chi connectivity index (χ3n) is 2.60. The molecule has 0 aliphatic carbocycles. The first-order valence-electron chi connectivity index (χ1n) is 6.86. The Labute approximate surface area is 137 Å². The summed E-state index contributed by atoms with van der Waals surface area (Å²) in [5.74, 6) is -0.803. The molecule has 24 heavy (non-hydrogen) atoms. The van der Waals surface area contributed by atoms with Gasteiger partial charge >= 0.3 is 12.1 Å². The van der Waals surface area contributed by atoms with E-state index in [1.165, 1.54) is 13.2 Å². The molecule has 0 fully saturated rings. The normalized spacial score (nSPS) is 12.5. The molecule has 132 valence electrons. The van der Waals surface area contributed by atoms with Crippen molar-refractivity contribution in [3.05, 3.63) is 41.6 Å². The van der Waals surface area contributed by atoms with E-state index in [1.54, 1.807) is 13.8 Å². The van der Waals surface area contributed by atoms with Crippen molar-refractivity contribution in [1.29, 1.82) is 0 Å². The zero-order chi connectivity index (χ0) is 18.3. The van der Waals surface area contributed by atoms with E-state index in [0.29, 0.717) is 0 Å². The van der Waals surface area contributed by atoms with Gasteiger partial charge in [0, 0.05) is 17.8 Å². The zero-order valence-corrected chi connectivity index (χ0v) is 13.3. The highest BCUT2D eigenvalue weighted by atomic mass is 19.4. The minimum absolute atomic E-state index is 0.00553. The molecule has 0 saturated heterocycles. The van der Waals surface area contributed by atoms with Crippen LogP contribution in [0.4, 0.5) is 13.2 Å². The van der Waals surface area contributed by atoms with Crippen molar-refractivity contribution in [2.75, 3.05) is 7.11 Å². The lowest BCUT2D eigenvalue weighted by molar-refractivity contribution is -0.141. The third kappa shape index (κ3) is 6.19. The van der Waals surface area contributed by atoms with Crippen LogP contribution < -0.4 is 15.9 Å². The Balaban J connectivity index is 2.88. The number of methoxy groups -OCH3 is 1. The highest BCUT2D eigenvalue weighted by molar-refractivity contribution is 5.98. The number of rotatable bonds is 6. The van der Waals surface area contributed by atoms with Crippen LogP contribution in [0.5, 0.6) is 5.75 Å². The van der Waals surface area contributed by atoms with Crippen LogP contribution in [0.3, 0.4) is 0 Å². The monoisotopic (exact) mass is 345 g/mol. The summed E-state index contributed by atoms with van der Waals surface area (Å²) >= 11 is 0. The average molecular weight is 345 g/mol. The maximum atomic E-state index is 12.8. The second kappa shape index (κ2) is 8.23. The molecule has 1 rings (SSSR count). The minimum Gasteiger partial charge on any atom is -0.497 e. The second-order valence-corrected chi connectivity index (χ2v) is 4.89. The maximum absolute atomic E-state index is 12.8. The molecule has 0 amide bonds. The smallest absolute Gasteiger partial charge is 0.416 e. The van der Waals surface area contributed by atoms with Crippen LogP contribution in [0, 0.1) is 0 Å². The van der Waals surface area contributed by atoms with Crippen LogP contribution in [0.15, 0.2) is 35.6 Å². The molecule has 0 saturated carbocycles. The van der Waals surface area contributed by atoms with E-state index in [1.807, 2.05) is 0 Å². The van der Waals surface area contributed by atoms with Gasteiger partial charge in [-0.3, -0.25) is 5.43 Å². The Hall–Kier alpha value is -2.71. The van der Waals surface area contributed by atoms with Gasteiger partial charge in [-0.25, -0.2) is 4.79 Å². The van der Waals surface area contributed by atoms with Crippen molar-refractivity contribution < 1.29 is 27.4 Å². The number of benzene rings is 1. The van der Waals surface area contributed by atoms with Gasteiger partial charge in [0.2, 0.25) is 0 Å². The number of nitrogens with one attached hydrogen (secondary N) is 1. The van der Waals surface area contributed by atoms with Crippen molar-refractivity contribution in [3.8, 4) is 5.75 Å². The number of hydrogen-bond acceptors (Lipinski definition) is 5. The first-order valence-corrected chi connectivity index (χ1v) is 6.86. The predicted octanol–water partition coefficient (Wildman–Crippen LogP) is 2.39. The number of hydrazone groups is 1. The van der Waals surface area contributed by atoms with Gasteiger partial charge in [-0.1, -0.05) is 0 Å². The van der Waals surface area contributed by atoms with Crippen LogP contribution in [-0.2, 0) is 15.7 Å². The number of halogens is 3. The van der Waals surface area contributed by atoms with Crippen LogP contribution in [0.25, 0.3) is 0 Å². The summed E-state index contributed by atoms with van der Waals surface area (Å²) in [4.78, 5) is 11.2. The number of amidine groups is 1. The number of hydrogen-bond donors (Lipinski definition) is 2. The average Bonchev–Trinajstić information content (AvgIpc) is 2.49. The van der Waals surface area contributed by atoms with E-state index in [2.05, 4.69) is 10.5 Å². The van der Waals surface area contributed by atoms with Crippen molar-refractivity contribution in [2.45, 2.75) is 26.1 Å². The second-order valence-electron chi connectivity index (χ2n) is 4.89. The van der Waals surface area contributed by atoms with E-state index in [4.69, 9.17) is 15.2 Å². The Morgan fingerprint density at radius 1 is 1.33 bits per heavy atom. The molecule has 0 aliphatic heterocycles. The summed E-state index contributed by atoms with van der Waals surface area (Å²) < 4.78 is 48.2. The highest BCUT2D eigenvalue weighted by Gasteiger charge is 2.31. The number of ether oxygens (including phenoxy) is 2. The van der Waals surface area contributed by atoms with Crippen molar-refractivity contribution >= 4 is 11.8 Å². The molecule has 9 heteroatoms. The van der Waals surface area contributed by atoms with E-state index in [9.17, 15) is 18.0 Å². The Kier molecular flexibility index (Phi) is 6.63. The van der Waals surface area contributed by atoms with Gasteiger partial charge in [-0.05, 0) is 32.0 Å². The van der Waals surface area contributed by atoms with Crippen LogP contribution >= 0.6 is 0 Å². The molecule has 0 unspecified atom stereocenters. The van der Waals surface area contributed by atoms with E-state index in [-0.39, 0.29) is 23.3 Å². The predicted molar refractivity (Wildman–Crippen MR) is 82.2 cm³/mol. The molecule has 0 bridgehead atoms. The third-order valence-corrected chi connectivity index (χ3v) is 2.60. The van der Waals surface area contributed by atoms with Crippen molar-refractivity contribution in [1.82, 2.24) is 5.43 Å². The SMILES string of the molecule is COc1cc(/C(N)=N/N/C=C\C(=O)OC(C)C)cc(C(F)(F)F)c1. The number of nitrogens with two attached hydrogens (primary N) is 1. The lowest BCUT2D eigenvalue weighted by atomic mass is 10.1. The highest BCUT2D eigenvalue weighted by Crippen LogP contribution is 2.32. The topological polar surface area (TPSA) is 85.9 Å². The summed E-state index contributed by atoms with van der Waals surface area (Å²) in [5, 5.41) is 3.67. The van der Waals surface area contributed by atoms with E-state index >= 15 is 0 Å². The Morgan fingerprint density at radius 2 is 2.00 bits per heavy atom. The first kappa shape index (κ1) is 19.3. The Morgan fingerprint density at radius 3 is 2.54 bits per heavy atom. The summed E-state index contributed by atoms with van der Waals surface area (Å²) in [6, 6.07) is 3.01. The number of alkyl halides is 3. The van der Waals surface area contributed by atoms with Gasteiger partial charge < -0.3 is 15.2 Å². The van der Waals surface area contributed by atoms with Gasteiger partial charge in [0.15, 0.2) is 5.84 Å². The fraction of sp³-hybridized carbons (Fsp3) is 0.333. The molecular weight excluding hydrogens is 327 g/mol. The molecule has 0 aromatic heterocycles. The van der Waals surface area contributed by atoms with Gasteiger partial charge in [-0.2, -0.15) is 18.3 Å². The van der Waals surface area contributed by atoms with Gasteiger partial charge in [0.1, 0.15) is 5.75 Å². The molecule has 0 atom stereocenters. The summed E-state index contributed by atoms with van der Waals surface area (Å²) in [6.07, 6.45) is -2.59. The fourth-order valence-electron chi connectivity index (χ4n) is 1.58. The quantitative estimate of drug-likeness (QED) is 0.272. The number of esters is 1. The van der Waals surface area contributed by atoms with Crippen LogP contribution in [-0.4, -0.2) is 25.0 Å². The van der Waals surface area contributed by atoms with Crippen LogP contribution in [0.1, 0.15) is 25.0 Å². The molecule has 0 aliphatic rings. The molecular formula is C15H18F3N3O3. The number of carbonyl (C=O) groups excluding carboxylic acids is 1. The fourth-order valence-corrected chi connectivity index (χ4v) is 1.58. The standard InChI is InChI=1S/C15H18F3N3O3/c1-9(2)24-13(22)4-5-20-21-14(19)10-6-11(15(16,17)18)8-12(7-10)23-3/h4-9,20H,1-3H3,(H2,19,21)/b5-4-. The van der Waals surface area contributed by atoms with E-state index < -0.39 is 17.7 Å². The molecule has 0 heterocycles. The lowest BCUT2D eigenvalue weighted by Gasteiger charge is -2.11. The van der Waals surface area contributed by atoms with Crippen molar-refractivity contribution in [3.63, 3.8) is 0 Å². The molecule has 6 nitrogen and oxygen atoms in total. The Bertz CT molecular complexity index is 641. The van der Waals surface area contributed by atoms with Gasteiger partial charge in [0.05, 0.1) is 18.8 Å². The molecule has 0 spiro atoms. The van der Waals surface area contributed by atoms with E-state index in [0.717, 1.165) is 24.4 Å². The lowest BCUT2D eigenvalue weighted by Crippen LogP contribution is -2.18. The molecule has 0 radical (unpaired) electrons. The van der Waals surface area contributed by atoms with Crippen molar-refractivity contribution in [2.24, 2.45) is 10.8 Å². The molecule has 1 aromatic rings. The number of nitrogens with zero attached hydrogens (tertiary/aromatic N) is 1. The first-order chi connectivity index (χ1) is 11.1. The summed E-state index contributed by atoms with van der Waals surface area (Å²) in [7, 11) is 1.24. The molecule has 3 N–H and O–H groups in total. The number of carbonyl (C=O) groups is 1.